The minimum absolute atomic E-state index is 0.494. The van der Waals surface area contributed by atoms with Crippen LogP contribution in [0.25, 0.3) is 11.3 Å². The molecule has 0 bridgehead atoms. The number of nitrogens with one attached hydrogen (secondary N) is 1. The highest BCUT2D eigenvalue weighted by Gasteiger charge is 2.14. The molecule has 3 rings (SSSR count). The molecule has 27 heavy (non-hydrogen) atoms. The van der Waals surface area contributed by atoms with E-state index in [2.05, 4.69) is 26.8 Å². The van der Waals surface area contributed by atoms with Gasteiger partial charge in [0.15, 0.2) is 5.82 Å². The standard InChI is InChI=1S/C20H21FN6/c1-13(21)15-10-16(12-23-11-15)18-8-7-17(22)20(26-18)27(3)14(2)25-19-6-4-5-9-24-19/h4-13H,2,22H2,1,3H3,(H,24,25). The Balaban J connectivity index is 1.89. The monoisotopic (exact) mass is 364 g/mol. The van der Waals surface area contributed by atoms with Crippen LogP contribution < -0.4 is 16.0 Å². The van der Waals surface area contributed by atoms with E-state index >= 15 is 0 Å². The highest BCUT2D eigenvalue weighted by molar-refractivity contribution is 5.71. The van der Waals surface area contributed by atoms with Gasteiger partial charge in [-0.3, -0.25) is 4.98 Å². The van der Waals surface area contributed by atoms with Gasteiger partial charge in [-0.05, 0) is 37.3 Å². The van der Waals surface area contributed by atoms with Crippen LogP contribution in [-0.4, -0.2) is 22.0 Å². The molecule has 3 aromatic rings. The quantitative estimate of drug-likeness (QED) is 0.683. The second-order valence-electron chi connectivity index (χ2n) is 6.08. The molecule has 0 amide bonds. The van der Waals surface area contributed by atoms with Gasteiger partial charge in [-0.2, -0.15) is 0 Å². The molecule has 138 valence electrons. The molecule has 3 aromatic heterocycles. The van der Waals surface area contributed by atoms with Gasteiger partial charge in [0.25, 0.3) is 0 Å². The van der Waals surface area contributed by atoms with Crippen LogP contribution in [0.5, 0.6) is 0 Å². The van der Waals surface area contributed by atoms with Gasteiger partial charge in [0.05, 0.1) is 11.4 Å². The van der Waals surface area contributed by atoms with Crippen molar-refractivity contribution in [2.24, 2.45) is 0 Å². The Morgan fingerprint density at radius 1 is 1.26 bits per heavy atom. The Bertz CT molecular complexity index is 942. The highest BCUT2D eigenvalue weighted by atomic mass is 19.1. The fraction of sp³-hybridized carbons (Fsp3) is 0.150. The third-order valence-electron chi connectivity index (χ3n) is 4.08. The number of anilines is 3. The van der Waals surface area contributed by atoms with Crippen molar-refractivity contribution in [3.63, 3.8) is 0 Å². The van der Waals surface area contributed by atoms with Crippen LogP contribution in [0.3, 0.4) is 0 Å². The van der Waals surface area contributed by atoms with Crippen LogP contribution >= 0.6 is 0 Å². The zero-order valence-electron chi connectivity index (χ0n) is 15.2. The van der Waals surface area contributed by atoms with Crippen LogP contribution in [0.2, 0.25) is 0 Å². The molecule has 1 unspecified atom stereocenters. The molecule has 6 nitrogen and oxygen atoms in total. The summed E-state index contributed by atoms with van der Waals surface area (Å²) in [6, 6.07) is 10.8. The number of hydrogen-bond acceptors (Lipinski definition) is 6. The number of nitrogen functional groups attached to an aromatic ring is 1. The first kappa shape index (κ1) is 18.3. The molecule has 0 radical (unpaired) electrons. The van der Waals surface area contributed by atoms with Crippen LogP contribution in [0.4, 0.5) is 21.7 Å². The fourth-order valence-electron chi connectivity index (χ4n) is 2.50. The normalized spacial score (nSPS) is 11.7. The summed E-state index contributed by atoms with van der Waals surface area (Å²) in [7, 11) is 1.80. The van der Waals surface area contributed by atoms with Gasteiger partial charge in [0, 0.05) is 36.8 Å². The van der Waals surface area contributed by atoms with E-state index in [1.165, 1.54) is 13.1 Å². The summed E-state index contributed by atoms with van der Waals surface area (Å²) in [4.78, 5) is 14.7. The SMILES string of the molecule is C=C(Nc1ccccn1)N(C)c1nc(-c2cncc(C(C)F)c2)ccc1N. The molecule has 3 N–H and O–H groups in total. The molecule has 0 spiro atoms. The Labute approximate surface area is 157 Å². The number of pyridine rings is 3. The van der Waals surface area contributed by atoms with E-state index in [4.69, 9.17) is 5.73 Å². The minimum Gasteiger partial charge on any atom is -0.396 e. The zero-order chi connectivity index (χ0) is 19.4. The summed E-state index contributed by atoms with van der Waals surface area (Å²) in [5.41, 5.74) is 8.47. The predicted octanol–water partition coefficient (Wildman–Crippen LogP) is 4.17. The maximum absolute atomic E-state index is 13.6. The maximum Gasteiger partial charge on any atom is 0.157 e. The lowest BCUT2D eigenvalue weighted by atomic mass is 10.1. The number of hydrogen-bond donors (Lipinski definition) is 2. The first-order chi connectivity index (χ1) is 13.0. The molecule has 0 saturated heterocycles. The Morgan fingerprint density at radius 2 is 2.07 bits per heavy atom. The van der Waals surface area contributed by atoms with Gasteiger partial charge < -0.3 is 16.0 Å². The molecular weight excluding hydrogens is 343 g/mol. The van der Waals surface area contributed by atoms with Crippen LogP contribution in [0.1, 0.15) is 18.7 Å². The van der Waals surface area contributed by atoms with Gasteiger partial charge in [-0.15, -0.1) is 0 Å². The van der Waals surface area contributed by atoms with E-state index in [9.17, 15) is 4.39 Å². The first-order valence-electron chi connectivity index (χ1n) is 8.42. The van der Waals surface area contributed by atoms with Crippen LogP contribution in [0.15, 0.2) is 67.4 Å². The van der Waals surface area contributed by atoms with Gasteiger partial charge in [-0.25, -0.2) is 14.4 Å². The summed E-state index contributed by atoms with van der Waals surface area (Å²) in [6.45, 7) is 5.50. The van der Waals surface area contributed by atoms with Crippen molar-refractivity contribution in [3.05, 3.63) is 73.0 Å². The van der Waals surface area contributed by atoms with Crippen molar-refractivity contribution < 1.29 is 4.39 Å². The molecule has 0 aromatic carbocycles. The zero-order valence-corrected chi connectivity index (χ0v) is 15.2. The molecule has 0 saturated carbocycles. The number of nitrogens with two attached hydrogens (primary N) is 1. The van der Waals surface area contributed by atoms with E-state index in [-0.39, 0.29) is 0 Å². The first-order valence-corrected chi connectivity index (χ1v) is 8.42. The van der Waals surface area contributed by atoms with Gasteiger partial charge >= 0.3 is 0 Å². The second-order valence-corrected chi connectivity index (χ2v) is 6.08. The van der Waals surface area contributed by atoms with E-state index < -0.39 is 6.17 Å². The van der Waals surface area contributed by atoms with Crippen molar-refractivity contribution in [2.45, 2.75) is 13.1 Å². The fourth-order valence-corrected chi connectivity index (χ4v) is 2.50. The number of alkyl halides is 1. The second kappa shape index (κ2) is 7.82. The Morgan fingerprint density at radius 3 is 2.78 bits per heavy atom. The van der Waals surface area contributed by atoms with E-state index in [1.54, 1.807) is 42.5 Å². The average molecular weight is 364 g/mol. The van der Waals surface area contributed by atoms with Gasteiger partial charge in [0.1, 0.15) is 17.8 Å². The smallest absolute Gasteiger partial charge is 0.157 e. The lowest BCUT2D eigenvalue weighted by Gasteiger charge is -2.23. The molecule has 0 aliphatic rings. The number of aromatic nitrogens is 3. The van der Waals surface area contributed by atoms with Crippen molar-refractivity contribution in [1.82, 2.24) is 15.0 Å². The summed E-state index contributed by atoms with van der Waals surface area (Å²) in [5, 5.41) is 3.11. The summed E-state index contributed by atoms with van der Waals surface area (Å²) in [6.07, 6.45) is 3.75. The molecule has 0 aliphatic carbocycles. The lowest BCUT2D eigenvalue weighted by Crippen LogP contribution is -2.23. The Kier molecular flexibility index (Phi) is 5.30. The Hall–Kier alpha value is -3.48. The number of nitrogens with zero attached hydrogens (tertiary/aromatic N) is 4. The number of halogens is 1. The largest absolute Gasteiger partial charge is 0.396 e. The maximum atomic E-state index is 13.6. The van der Waals surface area contributed by atoms with E-state index in [1.807, 2.05) is 18.2 Å². The van der Waals surface area contributed by atoms with Gasteiger partial charge in [0.2, 0.25) is 0 Å². The van der Waals surface area contributed by atoms with E-state index in [0.717, 1.165) is 5.56 Å². The summed E-state index contributed by atoms with van der Waals surface area (Å²) in [5.74, 6) is 1.76. The van der Waals surface area contributed by atoms with Crippen molar-refractivity contribution in [2.75, 3.05) is 23.0 Å². The molecule has 7 heteroatoms. The summed E-state index contributed by atoms with van der Waals surface area (Å²) >= 11 is 0. The van der Waals surface area contributed by atoms with Crippen molar-refractivity contribution in [3.8, 4) is 11.3 Å². The van der Waals surface area contributed by atoms with Crippen molar-refractivity contribution >= 4 is 17.3 Å². The van der Waals surface area contributed by atoms with Crippen LogP contribution in [0, 0.1) is 0 Å². The predicted molar refractivity (Wildman–Crippen MR) is 107 cm³/mol. The molecule has 0 fully saturated rings. The molecule has 3 heterocycles. The van der Waals surface area contributed by atoms with E-state index in [0.29, 0.717) is 34.4 Å². The highest BCUT2D eigenvalue weighted by Crippen LogP contribution is 2.28. The summed E-state index contributed by atoms with van der Waals surface area (Å²) < 4.78 is 13.6. The third-order valence-corrected chi connectivity index (χ3v) is 4.08. The minimum atomic E-state index is -1.10. The average Bonchev–Trinajstić information content (AvgIpc) is 2.68. The molecule has 0 aliphatic heterocycles. The molecule has 1 atom stereocenters. The molecular formula is C20H21FN6. The van der Waals surface area contributed by atoms with Crippen LogP contribution in [-0.2, 0) is 0 Å². The number of rotatable bonds is 6. The third kappa shape index (κ3) is 4.20. The van der Waals surface area contributed by atoms with Crippen molar-refractivity contribution in [1.29, 1.82) is 0 Å². The van der Waals surface area contributed by atoms with Gasteiger partial charge in [-0.1, -0.05) is 12.6 Å². The topological polar surface area (TPSA) is 80.0 Å². The lowest BCUT2D eigenvalue weighted by molar-refractivity contribution is 0.373.